The average molecular weight is 419 g/mol. The Morgan fingerprint density at radius 2 is 1.71 bits per heavy atom. The van der Waals surface area contributed by atoms with Gasteiger partial charge in [0.25, 0.3) is 5.91 Å². The molecule has 0 aromatic heterocycles. The first-order valence-corrected chi connectivity index (χ1v) is 10.8. The van der Waals surface area contributed by atoms with Gasteiger partial charge in [-0.15, -0.1) is 0 Å². The Balaban J connectivity index is 1.47. The highest BCUT2D eigenvalue weighted by Gasteiger charge is 2.56. The number of piperidine rings is 1. The maximum atomic E-state index is 13.7. The van der Waals surface area contributed by atoms with Crippen LogP contribution < -0.4 is 4.74 Å². The van der Waals surface area contributed by atoms with Crippen LogP contribution in [0, 0.1) is 23.6 Å². The Kier molecular flexibility index (Phi) is 4.94. The Bertz CT molecular complexity index is 1150. The standard InChI is InChI=1S/C26H27FN2O2/c1-28(2)13-22-23-14-29(15-24(22)23)26(30)21-11-10-19(17-6-4-5-7-18(17)21)20-9-8-16(27)12-25(20)31-3/h4-12,22-24H,13-15H2,1-3H3/t22?,23-,24+. The van der Waals surface area contributed by atoms with Crippen LogP contribution in [0.15, 0.2) is 54.6 Å². The van der Waals surface area contributed by atoms with E-state index >= 15 is 0 Å². The monoisotopic (exact) mass is 418 g/mol. The van der Waals surface area contributed by atoms with Gasteiger partial charge in [0.05, 0.1) is 7.11 Å². The summed E-state index contributed by atoms with van der Waals surface area (Å²) in [7, 11) is 5.77. The van der Waals surface area contributed by atoms with E-state index < -0.39 is 0 Å². The molecule has 3 atom stereocenters. The highest BCUT2D eigenvalue weighted by molar-refractivity contribution is 6.11. The minimum Gasteiger partial charge on any atom is -0.496 e. The lowest BCUT2D eigenvalue weighted by atomic mass is 9.94. The molecule has 31 heavy (non-hydrogen) atoms. The summed E-state index contributed by atoms with van der Waals surface area (Å²) >= 11 is 0. The molecule has 1 unspecified atom stereocenters. The molecule has 2 fully saturated rings. The molecule has 1 amide bonds. The molecule has 0 radical (unpaired) electrons. The van der Waals surface area contributed by atoms with Gasteiger partial charge in [-0.3, -0.25) is 4.79 Å². The van der Waals surface area contributed by atoms with Gasteiger partial charge < -0.3 is 14.5 Å². The van der Waals surface area contributed by atoms with Crippen LogP contribution in [0.4, 0.5) is 4.39 Å². The Hall–Kier alpha value is -2.92. The van der Waals surface area contributed by atoms with Gasteiger partial charge in [0.2, 0.25) is 0 Å². The molecule has 2 aliphatic rings. The van der Waals surface area contributed by atoms with Crippen molar-refractivity contribution in [1.82, 2.24) is 9.80 Å². The van der Waals surface area contributed by atoms with Crippen LogP contribution in [0.1, 0.15) is 10.4 Å². The van der Waals surface area contributed by atoms with Crippen LogP contribution in [-0.4, -0.2) is 56.5 Å². The van der Waals surface area contributed by atoms with Crippen molar-refractivity contribution >= 4 is 16.7 Å². The second kappa shape index (κ2) is 7.65. The number of carbonyl (C=O) groups excluding carboxylic acids is 1. The number of carbonyl (C=O) groups is 1. The zero-order valence-corrected chi connectivity index (χ0v) is 18.1. The SMILES string of the molecule is COc1cc(F)ccc1-c1ccc(C(=O)N2C[C@@H]3C(CN(C)C)[C@@H]3C2)c2ccccc12. The van der Waals surface area contributed by atoms with Crippen LogP contribution in [0.25, 0.3) is 21.9 Å². The largest absolute Gasteiger partial charge is 0.496 e. The van der Waals surface area contributed by atoms with Crippen molar-refractivity contribution in [3.8, 4) is 16.9 Å². The minimum absolute atomic E-state index is 0.102. The van der Waals surface area contributed by atoms with Gasteiger partial charge in [-0.2, -0.15) is 0 Å². The molecular formula is C26H27FN2O2. The van der Waals surface area contributed by atoms with E-state index in [9.17, 15) is 9.18 Å². The molecule has 5 heteroatoms. The fraction of sp³-hybridized carbons (Fsp3) is 0.346. The third-order valence-electron chi connectivity index (χ3n) is 6.84. The number of methoxy groups -OCH3 is 1. The first kappa shape index (κ1) is 20.0. The van der Waals surface area contributed by atoms with Crippen molar-refractivity contribution in [3.63, 3.8) is 0 Å². The molecule has 160 valence electrons. The molecule has 1 aliphatic heterocycles. The smallest absolute Gasteiger partial charge is 0.254 e. The van der Waals surface area contributed by atoms with Crippen LogP contribution >= 0.6 is 0 Å². The van der Waals surface area contributed by atoms with E-state index in [1.807, 2.05) is 41.3 Å². The predicted octanol–water partition coefficient (Wildman–Crippen LogP) is 4.53. The Morgan fingerprint density at radius 1 is 1.03 bits per heavy atom. The highest BCUT2D eigenvalue weighted by atomic mass is 19.1. The zero-order valence-electron chi connectivity index (χ0n) is 18.1. The van der Waals surface area contributed by atoms with Crippen molar-refractivity contribution in [2.45, 2.75) is 0 Å². The van der Waals surface area contributed by atoms with Gasteiger partial charge in [-0.05, 0) is 66.4 Å². The average Bonchev–Trinajstić information content (AvgIpc) is 3.19. The van der Waals surface area contributed by atoms with E-state index in [0.717, 1.165) is 53.0 Å². The van der Waals surface area contributed by atoms with Crippen LogP contribution in [0.5, 0.6) is 5.75 Å². The predicted molar refractivity (Wildman–Crippen MR) is 121 cm³/mol. The summed E-state index contributed by atoms with van der Waals surface area (Å²) in [6.45, 7) is 2.81. The molecule has 0 spiro atoms. The van der Waals surface area contributed by atoms with Gasteiger partial charge in [-0.1, -0.05) is 30.3 Å². The second-order valence-corrected chi connectivity index (χ2v) is 9.01. The van der Waals surface area contributed by atoms with Crippen molar-refractivity contribution in [1.29, 1.82) is 0 Å². The molecular weight excluding hydrogens is 391 g/mol. The molecule has 1 saturated heterocycles. The van der Waals surface area contributed by atoms with Crippen LogP contribution in [0.2, 0.25) is 0 Å². The van der Waals surface area contributed by atoms with Gasteiger partial charge in [-0.25, -0.2) is 4.39 Å². The number of fused-ring (bicyclic) bond motifs is 2. The lowest BCUT2D eigenvalue weighted by Gasteiger charge is -2.22. The summed E-state index contributed by atoms with van der Waals surface area (Å²) in [6.07, 6.45) is 0. The van der Waals surface area contributed by atoms with Crippen molar-refractivity contribution in [2.24, 2.45) is 17.8 Å². The van der Waals surface area contributed by atoms with Gasteiger partial charge >= 0.3 is 0 Å². The first-order chi connectivity index (χ1) is 15.0. The number of nitrogens with zero attached hydrogens (tertiary/aromatic N) is 2. The molecule has 5 rings (SSSR count). The van der Waals surface area contributed by atoms with Gasteiger partial charge in [0.15, 0.2) is 0 Å². The highest BCUT2D eigenvalue weighted by Crippen LogP contribution is 2.52. The molecule has 1 saturated carbocycles. The zero-order chi connectivity index (χ0) is 21.7. The molecule has 0 N–H and O–H groups in total. The lowest BCUT2D eigenvalue weighted by Crippen LogP contribution is -2.33. The fourth-order valence-electron chi connectivity index (χ4n) is 5.29. The van der Waals surface area contributed by atoms with E-state index in [2.05, 4.69) is 19.0 Å². The number of rotatable bonds is 5. The minimum atomic E-state index is -0.336. The van der Waals surface area contributed by atoms with Gasteiger partial charge in [0.1, 0.15) is 11.6 Å². The fourth-order valence-corrected chi connectivity index (χ4v) is 5.29. The summed E-state index contributed by atoms with van der Waals surface area (Å²) in [5.41, 5.74) is 2.47. The van der Waals surface area contributed by atoms with Crippen molar-refractivity contribution < 1.29 is 13.9 Å². The van der Waals surface area contributed by atoms with E-state index in [4.69, 9.17) is 4.74 Å². The summed E-state index contributed by atoms with van der Waals surface area (Å²) in [6, 6.07) is 16.4. The first-order valence-electron chi connectivity index (χ1n) is 10.8. The number of hydrogen-bond donors (Lipinski definition) is 0. The number of ether oxygens (including phenoxy) is 1. The normalized spacial score (nSPS) is 22.1. The molecule has 1 heterocycles. The summed E-state index contributed by atoms with van der Waals surface area (Å²) in [5, 5.41) is 1.88. The third-order valence-corrected chi connectivity index (χ3v) is 6.84. The van der Waals surface area contributed by atoms with Crippen molar-refractivity contribution in [2.75, 3.05) is 40.8 Å². The third kappa shape index (κ3) is 3.47. The van der Waals surface area contributed by atoms with E-state index in [0.29, 0.717) is 17.6 Å². The summed E-state index contributed by atoms with van der Waals surface area (Å²) in [4.78, 5) is 17.7. The van der Waals surface area contributed by atoms with Gasteiger partial charge in [0, 0.05) is 36.8 Å². The van der Waals surface area contributed by atoms with E-state index in [1.54, 1.807) is 13.2 Å². The number of likely N-dealkylation sites (tertiary alicyclic amines) is 1. The Labute approximate surface area is 182 Å². The molecule has 4 nitrogen and oxygen atoms in total. The number of hydrogen-bond acceptors (Lipinski definition) is 3. The molecule has 3 aromatic rings. The number of amides is 1. The maximum absolute atomic E-state index is 13.7. The lowest BCUT2D eigenvalue weighted by molar-refractivity contribution is 0.0767. The number of halogens is 1. The van der Waals surface area contributed by atoms with Crippen LogP contribution in [0.3, 0.4) is 0 Å². The van der Waals surface area contributed by atoms with E-state index in [1.165, 1.54) is 12.1 Å². The summed E-state index contributed by atoms with van der Waals surface area (Å²) < 4.78 is 19.1. The quantitative estimate of drug-likeness (QED) is 0.610. The second-order valence-electron chi connectivity index (χ2n) is 9.01. The maximum Gasteiger partial charge on any atom is 0.254 e. The topological polar surface area (TPSA) is 32.8 Å². The van der Waals surface area contributed by atoms with Crippen LogP contribution in [-0.2, 0) is 0 Å². The summed E-state index contributed by atoms with van der Waals surface area (Å²) in [5.74, 6) is 2.25. The molecule has 0 bridgehead atoms. The Morgan fingerprint density at radius 3 is 2.39 bits per heavy atom. The van der Waals surface area contributed by atoms with Crippen molar-refractivity contribution in [3.05, 3.63) is 66.0 Å². The van der Waals surface area contributed by atoms with E-state index in [-0.39, 0.29) is 11.7 Å². The number of benzene rings is 3. The molecule has 3 aromatic carbocycles. The molecule has 1 aliphatic carbocycles.